The average Bonchev–Trinajstić information content (AvgIpc) is 1.77. The van der Waals surface area contributed by atoms with Crippen molar-refractivity contribution in [2.45, 2.75) is 72.5 Å². The van der Waals surface area contributed by atoms with E-state index in [-0.39, 0.29) is 12.0 Å². The van der Waals surface area contributed by atoms with Gasteiger partial charge in [-0.25, -0.2) is 0 Å². The molecule has 0 aliphatic rings. The number of ether oxygens (including phenoxy) is 1. The molecule has 0 aromatic rings. The second-order valence-corrected chi connectivity index (χ2v) is 5.25. The summed E-state index contributed by atoms with van der Waals surface area (Å²) in [6.45, 7) is 14.6. The highest BCUT2D eigenvalue weighted by Crippen LogP contribution is 2.09. The van der Waals surface area contributed by atoms with Gasteiger partial charge < -0.3 is 4.74 Å². The summed E-state index contributed by atoms with van der Waals surface area (Å²) in [5.74, 6) is 0. The molecule has 2 N–H and O–H groups in total. The third kappa shape index (κ3) is 8.48. The number of nitrogens with one attached hydrogen (secondary N) is 2. The summed E-state index contributed by atoms with van der Waals surface area (Å²) in [6.07, 6.45) is -0.0741. The minimum Gasteiger partial charge on any atom is -0.344 e. The molecule has 0 aliphatic carbocycles. The second kappa shape index (κ2) is 5.69. The van der Waals surface area contributed by atoms with Gasteiger partial charge in [0.15, 0.2) is 6.35 Å². The number of hydrogen-bond donors (Lipinski definition) is 2. The van der Waals surface area contributed by atoms with E-state index in [0.29, 0.717) is 12.1 Å². The standard InChI is InChI=1S/C11H26N2O/c1-8(2)12-10(13-9(3)4)14-11(5,6)7/h8-10,12-13H,1-7H3. The second-order valence-electron chi connectivity index (χ2n) is 5.25. The lowest BCUT2D eigenvalue weighted by molar-refractivity contribution is -0.0960. The van der Waals surface area contributed by atoms with E-state index in [1.165, 1.54) is 0 Å². The highest BCUT2D eigenvalue weighted by atomic mass is 16.5. The number of hydrogen-bond acceptors (Lipinski definition) is 3. The van der Waals surface area contributed by atoms with Gasteiger partial charge in [0.25, 0.3) is 0 Å². The summed E-state index contributed by atoms with van der Waals surface area (Å²) >= 11 is 0. The molecule has 0 heterocycles. The lowest BCUT2D eigenvalue weighted by atomic mass is 10.2. The van der Waals surface area contributed by atoms with Gasteiger partial charge in [-0.2, -0.15) is 0 Å². The Bertz CT molecular complexity index is 140. The molecule has 0 rings (SSSR count). The Morgan fingerprint density at radius 1 is 0.857 bits per heavy atom. The molecular weight excluding hydrogens is 176 g/mol. The third-order valence-electron chi connectivity index (χ3n) is 1.44. The molecule has 0 amide bonds. The summed E-state index contributed by atoms with van der Waals surface area (Å²) in [7, 11) is 0. The van der Waals surface area contributed by atoms with Crippen LogP contribution in [0.25, 0.3) is 0 Å². The Balaban J connectivity index is 4.11. The van der Waals surface area contributed by atoms with Crippen LogP contribution in [0.3, 0.4) is 0 Å². The monoisotopic (exact) mass is 202 g/mol. The molecule has 0 radical (unpaired) electrons. The minimum absolute atomic E-state index is 0.0741. The van der Waals surface area contributed by atoms with E-state index in [2.05, 4.69) is 59.1 Å². The molecule has 0 saturated heterocycles. The fourth-order valence-electron chi connectivity index (χ4n) is 1.08. The molecule has 0 aromatic heterocycles. The molecule has 0 atom stereocenters. The first-order valence-electron chi connectivity index (χ1n) is 5.40. The van der Waals surface area contributed by atoms with Crippen molar-refractivity contribution >= 4 is 0 Å². The zero-order valence-electron chi connectivity index (χ0n) is 10.6. The van der Waals surface area contributed by atoms with Gasteiger partial charge in [0.1, 0.15) is 0 Å². The largest absolute Gasteiger partial charge is 0.344 e. The van der Waals surface area contributed by atoms with Crippen LogP contribution >= 0.6 is 0 Å². The maximum Gasteiger partial charge on any atom is 0.164 e. The normalized spacial score (nSPS) is 13.3. The summed E-state index contributed by atoms with van der Waals surface area (Å²) < 4.78 is 5.84. The van der Waals surface area contributed by atoms with E-state index in [0.717, 1.165) is 0 Å². The van der Waals surface area contributed by atoms with Gasteiger partial charge >= 0.3 is 0 Å². The SMILES string of the molecule is CC(C)NC(NC(C)C)OC(C)(C)C. The van der Waals surface area contributed by atoms with Gasteiger partial charge in [-0.05, 0) is 48.5 Å². The Kier molecular flexibility index (Phi) is 5.64. The lowest BCUT2D eigenvalue weighted by Gasteiger charge is -2.31. The van der Waals surface area contributed by atoms with Crippen LogP contribution in [0.5, 0.6) is 0 Å². The molecule has 0 fully saturated rings. The fraction of sp³-hybridized carbons (Fsp3) is 1.00. The summed E-state index contributed by atoms with van der Waals surface area (Å²) in [6, 6.07) is 0.821. The lowest BCUT2D eigenvalue weighted by Crippen LogP contribution is -2.52. The quantitative estimate of drug-likeness (QED) is 0.670. The molecule has 3 heteroatoms. The predicted octanol–water partition coefficient (Wildman–Crippen LogP) is 2.08. The maximum absolute atomic E-state index is 5.84. The van der Waals surface area contributed by atoms with Crippen LogP contribution in [0.2, 0.25) is 0 Å². The smallest absolute Gasteiger partial charge is 0.164 e. The van der Waals surface area contributed by atoms with Crippen molar-refractivity contribution in [1.82, 2.24) is 10.6 Å². The summed E-state index contributed by atoms with van der Waals surface area (Å²) in [4.78, 5) is 0. The van der Waals surface area contributed by atoms with Gasteiger partial charge in [-0.3, -0.25) is 10.6 Å². The first-order valence-corrected chi connectivity index (χ1v) is 5.40. The van der Waals surface area contributed by atoms with Crippen molar-refractivity contribution in [2.75, 3.05) is 0 Å². The fourth-order valence-corrected chi connectivity index (χ4v) is 1.08. The third-order valence-corrected chi connectivity index (χ3v) is 1.44. The van der Waals surface area contributed by atoms with Crippen LogP contribution in [0.15, 0.2) is 0 Å². The van der Waals surface area contributed by atoms with E-state index in [1.54, 1.807) is 0 Å². The van der Waals surface area contributed by atoms with Crippen LogP contribution in [-0.2, 0) is 4.74 Å². The Morgan fingerprint density at radius 2 is 1.21 bits per heavy atom. The van der Waals surface area contributed by atoms with Crippen molar-refractivity contribution in [3.8, 4) is 0 Å². The zero-order valence-corrected chi connectivity index (χ0v) is 10.6. The van der Waals surface area contributed by atoms with Crippen LogP contribution in [0.1, 0.15) is 48.5 Å². The zero-order chi connectivity index (χ0) is 11.4. The highest BCUT2D eigenvalue weighted by Gasteiger charge is 2.19. The van der Waals surface area contributed by atoms with E-state index < -0.39 is 0 Å². The van der Waals surface area contributed by atoms with Crippen molar-refractivity contribution in [1.29, 1.82) is 0 Å². The van der Waals surface area contributed by atoms with Gasteiger partial charge in [0, 0.05) is 12.1 Å². The van der Waals surface area contributed by atoms with E-state index in [1.807, 2.05) is 0 Å². The van der Waals surface area contributed by atoms with Gasteiger partial charge in [0.05, 0.1) is 5.60 Å². The van der Waals surface area contributed by atoms with Crippen molar-refractivity contribution < 1.29 is 4.74 Å². The van der Waals surface area contributed by atoms with Crippen LogP contribution in [0.4, 0.5) is 0 Å². The molecule has 0 bridgehead atoms. The highest BCUT2D eigenvalue weighted by molar-refractivity contribution is 4.67. The van der Waals surface area contributed by atoms with Crippen molar-refractivity contribution in [3.05, 3.63) is 0 Å². The average molecular weight is 202 g/mol. The van der Waals surface area contributed by atoms with E-state index >= 15 is 0 Å². The van der Waals surface area contributed by atoms with Gasteiger partial charge in [-0.1, -0.05) is 0 Å². The first kappa shape index (κ1) is 13.9. The van der Waals surface area contributed by atoms with E-state index in [9.17, 15) is 0 Å². The molecule has 0 aliphatic heterocycles. The number of rotatable bonds is 5. The topological polar surface area (TPSA) is 33.3 Å². The molecule has 14 heavy (non-hydrogen) atoms. The van der Waals surface area contributed by atoms with E-state index in [4.69, 9.17) is 4.74 Å². The van der Waals surface area contributed by atoms with Gasteiger partial charge in [-0.15, -0.1) is 0 Å². The Morgan fingerprint density at radius 3 is 1.43 bits per heavy atom. The van der Waals surface area contributed by atoms with Crippen LogP contribution < -0.4 is 10.6 Å². The molecule has 0 spiro atoms. The van der Waals surface area contributed by atoms with Crippen LogP contribution in [0, 0.1) is 0 Å². The predicted molar refractivity (Wildman–Crippen MR) is 61.2 cm³/mol. The molecule has 86 valence electrons. The molecule has 3 nitrogen and oxygen atoms in total. The summed E-state index contributed by atoms with van der Waals surface area (Å²) in [5.41, 5.74) is -0.131. The molecule has 0 unspecified atom stereocenters. The molecule has 0 saturated carbocycles. The summed E-state index contributed by atoms with van der Waals surface area (Å²) in [5, 5.41) is 6.67. The first-order chi connectivity index (χ1) is 6.20. The maximum atomic E-state index is 5.84. The Hall–Kier alpha value is -0.120. The minimum atomic E-state index is -0.131. The van der Waals surface area contributed by atoms with Gasteiger partial charge in [0.2, 0.25) is 0 Å². The van der Waals surface area contributed by atoms with Crippen LogP contribution in [-0.4, -0.2) is 24.0 Å². The van der Waals surface area contributed by atoms with Crippen molar-refractivity contribution in [2.24, 2.45) is 0 Å². The molecular formula is C11H26N2O. The van der Waals surface area contributed by atoms with Crippen molar-refractivity contribution in [3.63, 3.8) is 0 Å². The Labute approximate surface area is 88.6 Å². The molecule has 0 aromatic carbocycles.